The number of hydrogen-bond acceptors (Lipinski definition) is 7. The zero-order chi connectivity index (χ0) is 23.3. The first-order chi connectivity index (χ1) is 15.9. The van der Waals surface area contributed by atoms with Crippen LogP contribution in [0.15, 0.2) is 65.7 Å². The molecule has 172 valence electrons. The SMILES string of the molecule is O=C(COC(=O)c1cn[nH]c1-c1ccccc1)Nc1ccc(S(=O)(=O)N2CCOCC2)cc1. The lowest BCUT2D eigenvalue weighted by molar-refractivity contribution is -0.119. The highest BCUT2D eigenvalue weighted by molar-refractivity contribution is 7.89. The average Bonchev–Trinajstić information content (AvgIpc) is 3.34. The number of H-pyrrole nitrogens is 1. The van der Waals surface area contributed by atoms with E-state index < -0.39 is 28.5 Å². The Hall–Kier alpha value is -3.54. The first-order valence-electron chi connectivity index (χ1n) is 10.2. The highest BCUT2D eigenvalue weighted by Gasteiger charge is 2.26. The van der Waals surface area contributed by atoms with Crippen molar-refractivity contribution in [2.24, 2.45) is 0 Å². The molecule has 1 amide bonds. The Bertz CT molecular complexity index is 1220. The van der Waals surface area contributed by atoms with Gasteiger partial charge in [-0.3, -0.25) is 9.89 Å². The Morgan fingerprint density at radius 3 is 2.45 bits per heavy atom. The standard InChI is InChI=1S/C22H22N4O6S/c27-20(15-32-22(28)19-14-23-25-21(19)16-4-2-1-3-5-16)24-17-6-8-18(9-7-17)33(29,30)26-10-12-31-13-11-26/h1-9,14H,10-13,15H2,(H,23,25)(H,24,27). The van der Waals surface area contributed by atoms with Crippen LogP contribution in [-0.4, -0.2) is 67.7 Å². The lowest BCUT2D eigenvalue weighted by Crippen LogP contribution is -2.40. The molecule has 2 aromatic carbocycles. The maximum Gasteiger partial charge on any atom is 0.342 e. The number of amides is 1. The molecule has 1 aromatic heterocycles. The van der Waals surface area contributed by atoms with E-state index in [1.54, 1.807) is 0 Å². The lowest BCUT2D eigenvalue weighted by atomic mass is 10.1. The monoisotopic (exact) mass is 470 g/mol. The quantitative estimate of drug-likeness (QED) is 0.504. The fourth-order valence-corrected chi connectivity index (χ4v) is 4.73. The highest BCUT2D eigenvalue weighted by atomic mass is 32.2. The first kappa shape index (κ1) is 22.6. The molecule has 0 aliphatic carbocycles. The molecule has 2 N–H and O–H groups in total. The van der Waals surface area contributed by atoms with Gasteiger partial charge in [0.25, 0.3) is 5.91 Å². The smallest absolute Gasteiger partial charge is 0.342 e. The number of aromatic amines is 1. The Morgan fingerprint density at radius 1 is 1.06 bits per heavy atom. The summed E-state index contributed by atoms with van der Waals surface area (Å²) in [7, 11) is -3.62. The van der Waals surface area contributed by atoms with E-state index in [2.05, 4.69) is 15.5 Å². The van der Waals surface area contributed by atoms with Crippen LogP contribution in [0, 0.1) is 0 Å². The van der Waals surface area contributed by atoms with Crippen molar-refractivity contribution in [3.05, 3.63) is 66.4 Å². The summed E-state index contributed by atoms with van der Waals surface area (Å²) in [5.41, 5.74) is 1.86. The molecule has 0 bridgehead atoms. The lowest BCUT2D eigenvalue weighted by Gasteiger charge is -2.26. The number of rotatable bonds is 7. The van der Waals surface area contributed by atoms with Crippen LogP contribution in [-0.2, 0) is 24.3 Å². The number of anilines is 1. The van der Waals surface area contributed by atoms with Crippen molar-refractivity contribution < 1.29 is 27.5 Å². The minimum atomic E-state index is -3.62. The number of nitrogens with one attached hydrogen (secondary N) is 2. The van der Waals surface area contributed by atoms with Gasteiger partial charge in [0.1, 0.15) is 5.56 Å². The fourth-order valence-electron chi connectivity index (χ4n) is 3.32. The molecule has 4 rings (SSSR count). The van der Waals surface area contributed by atoms with Gasteiger partial charge in [-0.2, -0.15) is 9.40 Å². The number of sulfonamides is 1. The van der Waals surface area contributed by atoms with Crippen molar-refractivity contribution in [2.45, 2.75) is 4.90 Å². The van der Waals surface area contributed by atoms with Gasteiger partial charge in [0.15, 0.2) is 6.61 Å². The molecule has 0 radical (unpaired) electrons. The van der Waals surface area contributed by atoms with Gasteiger partial charge in [0, 0.05) is 24.3 Å². The minimum absolute atomic E-state index is 0.127. The van der Waals surface area contributed by atoms with Gasteiger partial charge < -0.3 is 14.8 Å². The van der Waals surface area contributed by atoms with Gasteiger partial charge in [0.05, 0.1) is 30.0 Å². The van der Waals surface area contributed by atoms with E-state index >= 15 is 0 Å². The summed E-state index contributed by atoms with van der Waals surface area (Å²) >= 11 is 0. The summed E-state index contributed by atoms with van der Waals surface area (Å²) in [6.07, 6.45) is 1.34. The minimum Gasteiger partial charge on any atom is -0.452 e. The topological polar surface area (TPSA) is 131 Å². The van der Waals surface area contributed by atoms with E-state index in [1.807, 2.05) is 30.3 Å². The average molecular weight is 471 g/mol. The molecule has 0 unspecified atom stereocenters. The summed E-state index contributed by atoms with van der Waals surface area (Å²) in [5, 5.41) is 9.23. The summed E-state index contributed by atoms with van der Waals surface area (Å²) < 4.78 is 37.0. The zero-order valence-electron chi connectivity index (χ0n) is 17.6. The zero-order valence-corrected chi connectivity index (χ0v) is 18.4. The molecule has 11 heteroatoms. The number of morpholine rings is 1. The van der Waals surface area contributed by atoms with Gasteiger partial charge in [-0.05, 0) is 24.3 Å². The van der Waals surface area contributed by atoms with Gasteiger partial charge in [0.2, 0.25) is 10.0 Å². The van der Waals surface area contributed by atoms with E-state index in [1.165, 1.54) is 34.8 Å². The van der Waals surface area contributed by atoms with E-state index in [0.29, 0.717) is 37.7 Å². The molecule has 0 atom stereocenters. The van der Waals surface area contributed by atoms with Crippen LogP contribution >= 0.6 is 0 Å². The summed E-state index contributed by atoms with van der Waals surface area (Å²) in [6.45, 7) is 0.811. The third kappa shape index (κ3) is 5.28. The first-order valence-corrected chi connectivity index (χ1v) is 11.6. The van der Waals surface area contributed by atoms with Crippen LogP contribution < -0.4 is 5.32 Å². The Labute approximate surface area is 190 Å². The van der Waals surface area contributed by atoms with Gasteiger partial charge in [-0.1, -0.05) is 30.3 Å². The summed E-state index contributed by atoms with van der Waals surface area (Å²) in [5.74, 6) is -1.25. The molecule has 10 nitrogen and oxygen atoms in total. The van der Waals surface area contributed by atoms with Crippen molar-refractivity contribution in [3.8, 4) is 11.3 Å². The number of ether oxygens (including phenoxy) is 2. The Balaban J connectivity index is 1.33. The van der Waals surface area contributed by atoms with Crippen LogP contribution in [0.25, 0.3) is 11.3 Å². The molecule has 0 spiro atoms. The largest absolute Gasteiger partial charge is 0.452 e. The van der Waals surface area contributed by atoms with Gasteiger partial charge >= 0.3 is 5.97 Å². The van der Waals surface area contributed by atoms with Gasteiger partial charge in [-0.15, -0.1) is 0 Å². The molecule has 3 aromatic rings. The Kier molecular flexibility index (Phi) is 6.82. The number of aromatic nitrogens is 2. The van der Waals surface area contributed by atoms with Crippen molar-refractivity contribution in [2.75, 3.05) is 38.2 Å². The van der Waals surface area contributed by atoms with Crippen molar-refractivity contribution in [1.29, 1.82) is 0 Å². The third-order valence-electron chi connectivity index (χ3n) is 5.00. The molecule has 1 fully saturated rings. The number of carbonyl (C=O) groups is 2. The van der Waals surface area contributed by atoms with Crippen LogP contribution in [0.1, 0.15) is 10.4 Å². The van der Waals surface area contributed by atoms with E-state index in [4.69, 9.17) is 9.47 Å². The second kappa shape index (κ2) is 9.94. The Morgan fingerprint density at radius 2 is 1.76 bits per heavy atom. The molecular weight excluding hydrogens is 448 g/mol. The maximum absolute atomic E-state index is 12.7. The van der Waals surface area contributed by atoms with Crippen molar-refractivity contribution in [1.82, 2.24) is 14.5 Å². The molecule has 1 saturated heterocycles. The highest BCUT2D eigenvalue weighted by Crippen LogP contribution is 2.22. The number of nitrogens with zero attached hydrogens (tertiary/aromatic N) is 2. The van der Waals surface area contributed by atoms with E-state index in [9.17, 15) is 18.0 Å². The van der Waals surface area contributed by atoms with Crippen molar-refractivity contribution >= 4 is 27.6 Å². The molecule has 1 aliphatic heterocycles. The second-order valence-corrected chi connectivity index (χ2v) is 9.13. The van der Waals surface area contributed by atoms with Gasteiger partial charge in [-0.25, -0.2) is 13.2 Å². The summed E-state index contributed by atoms with van der Waals surface area (Å²) in [6, 6.07) is 15.0. The molecule has 33 heavy (non-hydrogen) atoms. The number of carbonyl (C=O) groups excluding carboxylic acids is 2. The molecule has 0 saturated carbocycles. The van der Waals surface area contributed by atoms with Crippen molar-refractivity contribution in [3.63, 3.8) is 0 Å². The molecule has 2 heterocycles. The number of benzene rings is 2. The van der Waals surface area contributed by atoms with Crippen LogP contribution in [0.2, 0.25) is 0 Å². The van der Waals surface area contributed by atoms with Crippen LogP contribution in [0.4, 0.5) is 5.69 Å². The fraction of sp³-hybridized carbons (Fsp3) is 0.227. The predicted octanol–water partition coefficient (Wildman–Crippen LogP) is 1.89. The predicted molar refractivity (Wildman–Crippen MR) is 119 cm³/mol. The number of hydrogen-bond donors (Lipinski definition) is 2. The third-order valence-corrected chi connectivity index (χ3v) is 6.91. The summed E-state index contributed by atoms with van der Waals surface area (Å²) in [4.78, 5) is 24.8. The van der Waals surface area contributed by atoms with Crippen LogP contribution in [0.5, 0.6) is 0 Å². The number of esters is 1. The molecular formula is C22H22N4O6S. The van der Waals surface area contributed by atoms with E-state index in [-0.39, 0.29) is 10.5 Å². The van der Waals surface area contributed by atoms with E-state index in [0.717, 1.165) is 5.56 Å². The molecule has 1 aliphatic rings. The van der Waals surface area contributed by atoms with Crippen LogP contribution in [0.3, 0.4) is 0 Å². The second-order valence-electron chi connectivity index (χ2n) is 7.19. The maximum atomic E-state index is 12.7. The normalized spacial score (nSPS) is 14.5.